The summed E-state index contributed by atoms with van der Waals surface area (Å²) < 4.78 is 13.9. The van der Waals surface area contributed by atoms with Crippen LogP contribution in [0.1, 0.15) is 33.1 Å². The van der Waals surface area contributed by atoms with E-state index in [0.29, 0.717) is 12.2 Å². The molecule has 3 nitrogen and oxygen atoms in total. The number of hydrogen-bond donors (Lipinski definition) is 1. The summed E-state index contributed by atoms with van der Waals surface area (Å²) in [4.78, 5) is 12.9. The fourth-order valence-electron chi connectivity index (χ4n) is 2.80. The van der Waals surface area contributed by atoms with Gasteiger partial charge in [0, 0.05) is 18.5 Å². The highest BCUT2D eigenvalue weighted by atomic mass is 19.1. The molecular weight excluding hydrogens is 245 g/mol. The molecule has 1 aliphatic rings. The van der Waals surface area contributed by atoms with Crippen molar-refractivity contribution in [2.45, 2.75) is 38.6 Å². The molecule has 0 amide bonds. The Bertz CT molecular complexity index is 473. The van der Waals surface area contributed by atoms with Gasteiger partial charge in [-0.25, -0.2) is 4.39 Å². The largest absolute Gasteiger partial charge is 0.481 e. The second-order valence-electron chi connectivity index (χ2n) is 5.88. The zero-order valence-electron chi connectivity index (χ0n) is 11.4. The molecule has 104 valence electrons. The van der Waals surface area contributed by atoms with E-state index < -0.39 is 5.97 Å². The summed E-state index contributed by atoms with van der Waals surface area (Å²) in [5, 5.41) is 8.91. The van der Waals surface area contributed by atoms with Gasteiger partial charge in [0.15, 0.2) is 0 Å². The summed E-state index contributed by atoms with van der Waals surface area (Å²) >= 11 is 0. The first-order valence-electron chi connectivity index (χ1n) is 6.64. The van der Waals surface area contributed by atoms with Gasteiger partial charge in [0.05, 0.1) is 5.69 Å². The number of halogens is 1. The fraction of sp³-hybridized carbons (Fsp3) is 0.533. The molecule has 0 spiro atoms. The number of carboxylic acids is 1. The van der Waals surface area contributed by atoms with E-state index >= 15 is 0 Å². The molecule has 1 heterocycles. The first kappa shape index (κ1) is 13.8. The van der Waals surface area contributed by atoms with Crippen LogP contribution in [0.3, 0.4) is 0 Å². The van der Waals surface area contributed by atoms with Gasteiger partial charge in [-0.15, -0.1) is 0 Å². The van der Waals surface area contributed by atoms with Crippen LogP contribution in [0.15, 0.2) is 24.3 Å². The van der Waals surface area contributed by atoms with Gasteiger partial charge in [0.2, 0.25) is 0 Å². The van der Waals surface area contributed by atoms with Crippen molar-refractivity contribution < 1.29 is 14.3 Å². The summed E-state index contributed by atoms with van der Waals surface area (Å²) in [7, 11) is 0. The van der Waals surface area contributed by atoms with E-state index in [1.807, 2.05) is 11.0 Å². The molecule has 0 aromatic heterocycles. The van der Waals surface area contributed by atoms with Crippen LogP contribution in [0.4, 0.5) is 10.1 Å². The molecule has 1 N–H and O–H groups in total. The van der Waals surface area contributed by atoms with Crippen LogP contribution in [-0.2, 0) is 4.79 Å². The highest BCUT2D eigenvalue weighted by Crippen LogP contribution is 2.36. The Hall–Kier alpha value is -1.58. The van der Waals surface area contributed by atoms with E-state index in [-0.39, 0.29) is 23.7 Å². The van der Waals surface area contributed by atoms with Crippen LogP contribution in [0, 0.1) is 11.7 Å². The van der Waals surface area contributed by atoms with Crippen LogP contribution >= 0.6 is 0 Å². The zero-order valence-corrected chi connectivity index (χ0v) is 11.4. The molecule has 1 saturated heterocycles. The summed E-state index contributed by atoms with van der Waals surface area (Å²) in [6.07, 6.45) is 1.91. The highest BCUT2D eigenvalue weighted by Gasteiger charge is 2.35. The second-order valence-corrected chi connectivity index (χ2v) is 5.88. The van der Waals surface area contributed by atoms with Crippen LogP contribution < -0.4 is 4.90 Å². The van der Waals surface area contributed by atoms with Crippen LogP contribution in [-0.4, -0.2) is 23.2 Å². The number of piperidine rings is 1. The summed E-state index contributed by atoms with van der Waals surface area (Å²) in [6.45, 7) is 4.76. The Morgan fingerprint density at radius 2 is 2.16 bits per heavy atom. The van der Waals surface area contributed by atoms with Crippen molar-refractivity contribution in [3.05, 3.63) is 30.1 Å². The van der Waals surface area contributed by atoms with E-state index in [2.05, 4.69) is 13.8 Å². The lowest BCUT2D eigenvalue weighted by atomic mass is 9.83. The average molecular weight is 265 g/mol. The van der Waals surface area contributed by atoms with Crippen molar-refractivity contribution in [1.82, 2.24) is 0 Å². The van der Waals surface area contributed by atoms with E-state index in [4.69, 9.17) is 5.11 Å². The van der Waals surface area contributed by atoms with E-state index in [1.165, 1.54) is 6.07 Å². The van der Waals surface area contributed by atoms with E-state index in [9.17, 15) is 9.18 Å². The van der Waals surface area contributed by atoms with Crippen molar-refractivity contribution in [3.63, 3.8) is 0 Å². The maximum Gasteiger partial charge on any atom is 0.303 e. The average Bonchev–Trinajstić information content (AvgIpc) is 2.32. The van der Waals surface area contributed by atoms with Crippen LogP contribution in [0.25, 0.3) is 0 Å². The molecule has 1 aromatic carbocycles. The van der Waals surface area contributed by atoms with Gasteiger partial charge in [0.25, 0.3) is 0 Å². The Kier molecular flexibility index (Phi) is 3.78. The lowest BCUT2D eigenvalue weighted by Gasteiger charge is -2.47. The smallest absolute Gasteiger partial charge is 0.303 e. The Morgan fingerprint density at radius 1 is 1.47 bits per heavy atom. The van der Waals surface area contributed by atoms with Crippen LogP contribution in [0.2, 0.25) is 0 Å². The lowest BCUT2D eigenvalue weighted by Crippen LogP contribution is -2.51. The van der Waals surface area contributed by atoms with E-state index in [0.717, 1.165) is 12.8 Å². The van der Waals surface area contributed by atoms with Crippen molar-refractivity contribution in [1.29, 1.82) is 0 Å². The first-order valence-corrected chi connectivity index (χ1v) is 6.64. The fourth-order valence-corrected chi connectivity index (χ4v) is 2.80. The molecule has 4 heteroatoms. The number of anilines is 1. The maximum atomic E-state index is 13.9. The third-order valence-corrected chi connectivity index (χ3v) is 3.94. The van der Waals surface area contributed by atoms with Gasteiger partial charge < -0.3 is 10.0 Å². The first-order chi connectivity index (χ1) is 8.90. The highest BCUT2D eigenvalue weighted by molar-refractivity contribution is 5.67. The molecule has 1 unspecified atom stereocenters. The minimum atomic E-state index is -0.779. The van der Waals surface area contributed by atoms with Gasteiger partial charge in [-0.1, -0.05) is 12.1 Å². The van der Waals surface area contributed by atoms with Crippen molar-refractivity contribution in [3.8, 4) is 0 Å². The quantitative estimate of drug-likeness (QED) is 0.911. The minimum Gasteiger partial charge on any atom is -0.481 e. The third kappa shape index (κ3) is 3.06. The predicted molar refractivity (Wildman–Crippen MR) is 72.8 cm³/mol. The Morgan fingerprint density at radius 3 is 2.79 bits per heavy atom. The summed E-state index contributed by atoms with van der Waals surface area (Å²) in [6, 6.07) is 6.70. The number of aliphatic carboxylic acids is 1. The lowest BCUT2D eigenvalue weighted by molar-refractivity contribution is -0.138. The monoisotopic (exact) mass is 265 g/mol. The summed E-state index contributed by atoms with van der Waals surface area (Å²) in [5.41, 5.74) is 0.430. The molecule has 19 heavy (non-hydrogen) atoms. The molecule has 0 radical (unpaired) electrons. The molecule has 1 aliphatic heterocycles. The molecular formula is C15H20FNO2. The maximum absolute atomic E-state index is 13.9. The Balaban J connectivity index is 2.24. The predicted octanol–water partition coefficient (Wildman–Crippen LogP) is 3.30. The van der Waals surface area contributed by atoms with Crippen molar-refractivity contribution in [2.24, 2.45) is 5.92 Å². The van der Waals surface area contributed by atoms with E-state index in [1.54, 1.807) is 12.1 Å². The van der Waals surface area contributed by atoms with Gasteiger partial charge in [0.1, 0.15) is 5.82 Å². The van der Waals surface area contributed by atoms with Gasteiger partial charge in [-0.3, -0.25) is 4.79 Å². The number of rotatable bonds is 3. The second kappa shape index (κ2) is 5.19. The normalized spacial score (nSPS) is 22.3. The topological polar surface area (TPSA) is 40.5 Å². The van der Waals surface area contributed by atoms with Crippen molar-refractivity contribution in [2.75, 3.05) is 11.4 Å². The van der Waals surface area contributed by atoms with Crippen molar-refractivity contribution >= 4 is 11.7 Å². The standard InChI is InChI=1S/C15H20FNO2/c1-15(2)8-7-11(9-14(18)19)10-17(15)13-6-4-3-5-12(13)16/h3-6,11H,7-10H2,1-2H3,(H,18,19). The van der Waals surface area contributed by atoms with Gasteiger partial charge >= 0.3 is 5.97 Å². The Labute approximate surface area is 113 Å². The third-order valence-electron chi connectivity index (χ3n) is 3.94. The molecule has 1 atom stereocenters. The number of nitrogens with zero attached hydrogens (tertiary/aromatic N) is 1. The number of carboxylic acid groups (broad SMARTS) is 1. The number of benzene rings is 1. The number of hydrogen-bond acceptors (Lipinski definition) is 2. The molecule has 1 aromatic rings. The minimum absolute atomic E-state index is 0.0881. The number of para-hydroxylation sites is 1. The zero-order chi connectivity index (χ0) is 14.0. The SMILES string of the molecule is CC1(C)CCC(CC(=O)O)CN1c1ccccc1F. The number of carbonyl (C=O) groups is 1. The molecule has 2 rings (SSSR count). The molecule has 1 fully saturated rings. The molecule has 0 saturated carbocycles. The van der Waals surface area contributed by atoms with Gasteiger partial charge in [-0.05, 0) is 44.7 Å². The van der Waals surface area contributed by atoms with Crippen LogP contribution in [0.5, 0.6) is 0 Å². The summed E-state index contributed by atoms with van der Waals surface area (Å²) in [5.74, 6) is -0.935. The van der Waals surface area contributed by atoms with Gasteiger partial charge in [-0.2, -0.15) is 0 Å². The molecule has 0 aliphatic carbocycles. The molecule has 0 bridgehead atoms.